The van der Waals surface area contributed by atoms with Gasteiger partial charge in [-0.15, -0.1) is 0 Å². The van der Waals surface area contributed by atoms with E-state index >= 15 is 0 Å². The van der Waals surface area contributed by atoms with Gasteiger partial charge in [-0.2, -0.15) is 0 Å². The van der Waals surface area contributed by atoms with Crippen LogP contribution < -0.4 is 0 Å². The van der Waals surface area contributed by atoms with Crippen LogP contribution in [-0.4, -0.2) is 24.5 Å². The van der Waals surface area contributed by atoms with E-state index in [0.717, 1.165) is 0 Å². The number of rotatable bonds is 3. The van der Waals surface area contributed by atoms with Gasteiger partial charge in [0.05, 0.1) is 11.8 Å². The Morgan fingerprint density at radius 3 is 2.67 bits per heavy atom. The topological polar surface area (TPSA) is 77.5 Å². The first kappa shape index (κ1) is 10.0. The molecule has 2 rings (SSSR count). The van der Waals surface area contributed by atoms with E-state index in [0.29, 0.717) is 19.0 Å². The monoisotopic (exact) mass is 210 g/mol. The Hall–Kier alpha value is -1.52. The van der Waals surface area contributed by atoms with Gasteiger partial charge in [-0.05, 0) is 12.8 Å². The van der Waals surface area contributed by atoms with Gasteiger partial charge < -0.3 is 14.3 Å². The summed E-state index contributed by atoms with van der Waals surface area (Å²) >= 11 is 0. The minimum atomic E-state index is -1.00. The fourth-order valence-corrected chi connectivity index (χ4v) is 2.53. The number of hydrogen-bond acceptors (Lipinski definition) is 5. The van der Waals surface area contributed by atoms with Gasteiger partial charge in [0.25, 0.3) is 0 Å². The quantitative estimate of drug-likeness (QED) is 0.368. The molecule has 2 bridgehead atoms. The Bertz CT molecular complexity index is 348. The van der Waals surface area contributed by atoms with E-state index < -0.39 is 29.2 Å². The Labute approximate surface area is 85.8 Å². The highest BCUT2D eigenvalue weighted by atomic mass is 16.6. The van der Waals surface area contributed by atoms with E-state index in [4.69, 9.17) is 0 Å². The molecule has 0 amide bonds. The summed E-state index contributed by atoms with van der Waals surface area (Å²) in [5, 5.41) is 0. The van der Waals surface area contributed by atoms with Crippen LogP contribution in [0.4, 0.5) is 0 Å². The van der Waals surface area contributed by atoms with Crippen molar-refractivity contribution in [2.45, 2.75) is 19.3 Å². The van der Waals surface area contributed by atoms with Crippen LogP contribution >= 0.6 is 0 Å². The van der Waals surface area contributed by atoms with Crippen molar-refractivity contribution < 1.29 is 23.9 Å². The van der Waals surface area contributed by atoms with E-state index in [-0.39, 0.29) is 12.8 Å². The van der Waals surface area contributed by atoms with Gasteiger partial charge in [-0.1, -0.05) is 0 Å². The van der Waals surface area contributed by atoms with E-state index in [1.165, 1.54) is 0 Å². The molecule has 2 fully saturated rings. The van der Waals surface area contributed by atoms with Gasteiger partial charge in [0.2, 0.25) is 0 Å². The zero-order valence-electron chi connectivity index (χ0n) is 7.97. The molecule has 0 aromatic rings. The third kappa shape index (κ3) is 1.30. The molecule has 0 N–H and O–H groups in total. The SMILES string of the molecule is O=CCC1(C=O)CC2CC1C(=O)OC2=O. The maximum atomic E-state index is 11.4. The fourth-order valence-electron chi connectivity index (χ4n) is 2.53. The van der Waals surface area contributed by atoms with E-state index in [9.17, 15) is 19.2 Å². The molecule has 1 saturated heterocycles. The molecule has 0 radical (unpaired) electrons. The molecule has 5 heteroatoms. The number of esters is 2. The van der Waals surface area contributed by atoms with Crippen LogP contribution in [0.15, 0.2) is 0 Å². The van der Waals surface area contributed by atoms with Crippen LogP contribution in [0.3, 0.4) is 0 Å². The lowest BCUT2D eigenvalue weighted by atomic mass is 9.77. The minimum Gasteiger partial charge on any atom is -0.393 e. The Kier molecular flexibility index (Phi) is 2.17. The number of aldehydes is 2. The van der Waals surface area contributed by atoms with Crippen LogP contribution in [0.25, 0.3) is 0 Å². The smallest absolute Gasteiger partial charge is 0.317 e. The normalized spacial score (nSPS) is 38.7. The average molecular weight is 210 g/mol. The highest BCUT2D eigenvalue weighted by molar-refractivity contribution is 5.95. The summed E-state index contributed by atoms with van der Waals surface area (Å²) < 4.78 is 4.52. The first-order chi connectivity index (χ1) is 7.13. The van der Waals surface area contributed by atoms with Gasteiger partial charge in [-0.3, -0.25) is 9.59 Å². The molecule has 1 aliphatic heterocycles. The van der Waals surface area contributed by atoms with Crippen molar-refractivity contribution in [3.63, 3.8) is 0 Å². The third-order valence-electron chi connectivity index (χ3n) is 3.36. The highest BCUT2D eigenvalue weighted by Crippen LogP contribution is 2.50. The predicted octanol–water partition coefficient (Wildman–Crippen LogP) is -0.130. The molecule has 1 saturated carbocycles. The second-order valence-electron chi connectivity index (χ2n) is 4.15. The molecular weight excluding hydrogens is 200 g/mol. The predicted molar refractivity (Wildman–Crippen MR) is 46.5 cm³/mol. The lowest BCUT2D eigenvalue weighted by molar-refractivity contribution is -0.170. The van der Waals surface area contributed by atoms with Crippen molar-refractivity contribution in [1.29, 1.82) is 0 Å². The summed E-state index contributed by atoms with van der Waals surface area (Å²) in [5.41, 5.74) is -1.00. The summed E-state index contributed by atoms with van der Waals surface area (Å²) in [6.45, 7) is 0. The van der Waals surface area contributed by atoms with Crippen molar-refractivity contribution in [1.82, 2.24) is 0 Å². The van der Waals surface area contributed by atoms with Crippen LogP contribution in [0.2, 0.25) is 0 Å². The lowest BCUT2D eigenvalue weighted by Gasteiger charge is -2.25. The van der Waals surface area contributed by atoms with Crippen molar-refractivity contribution in [2.75, 3.05) is 0 Å². The van der Waals surface area contributed by atoms with Crippen molar-refractivity contribution >= 4 is 24.5 Å². The highest BCUT2D eigenvalue weighted by Gasteiger charge is 2.57. The average Bonchev–Trinajstić information content (AvgIpc) is 2.54. The van der Waals surface area contributed by atoms with E-state index in [1.807, 2.05) is 0 Å². The van der Waals surface area contributed by atoms with Crippen molar-refractivity contribution in [2.24, 2.45) is 17.3 Å². The number of carbonyl (C=O) groups is 4. The number of fused-ring (bicyclic) bond motifs is 2. The molecule has 0 spiro atoms. The molecule has 80 valence electrons. The summed E-state index contributed by atoms with van der Waals surface area (Å²) in [6.07, 6.45) is 1.83. The number of hydrogen-bond donors (Lipinski definition) is 0. The van der Waals surface area contributed by atoms with Gasteiger partial charge in [0, 0.05) is 11.8 Å². The Morgan fingerprint density at radius 2 is 2.07 bits per heavy atom. The summed E-state index contributed by atoms with van der Waals surface area (Å²) in [4.78, 5) is 44.2. The number of ether oxygens (including phenoxy) is 1. The molecular formula is C10H10O5. The summed E-state index contributed by atoms with van der Waals surface area (Å²) in [6, 6.07) is 0. The zero-order valence-corrected chi connectivity index (χ0v) is 7.97. The summed E-state index contributed by atoms with van der Waals surface area (Å²) in [7, 11) is 0. The molecule has 0 aromatic carbocycles. The Morgan fingerprint density at radius 1 is 1.33 bits per heavy atom. The molecule has 3 unspecified atom stereocenters. The molecule has 3 atom stereocenters. The summed E-state index contributed by atoms with van der Waals surface area (Å²) in [5.74, 6) is -2.26. The lowest BCUT2D eigenvalue weighted by Crippen LogP contribution is -2.35. The number of cyclic esters (lactones) is 2. The minimum absolute atomic E-state index is 0.0138. The zero-order chi connectivity index (χ0) is 11.1. The van der Waals surface area contributed by atoms with E-state index in [2.05, 4.69) is 4.74 Å². The first-order valence-corrected chi connectivity index (χ1v) is 4.78. The molecule has 0 aromatic heterocycles. The molecule has 15 heavy (non-hydrogen) atoms. The molecule has 5 nitrogen and oxygen atoms in total. The second-order valence-corrected chi connectivity index (χ2v) is 4.15. The second kappa shape index (κ2) is 3.25. The maximum absolute atomic E-state index is 11.4. The van der Waals surface area contributed by atoms with Crippen LogP contribution in [0.1, 0.15) is 19.3 Å². The largest absolute Gasteiger partial charge is 0.393 e. The standard InChI is InChI=1S/C10H10O5/c11-2-1-10(5-12)4-6-3-7(10)9(14)15-8(6)13/h2,5-7H,1,3-4H2. The Balaban J connectivity index is 2.36. The van der Waals surface area contributed by atoms with Gasteiger partial charge >= 0.3 is 11.9 Å². The van der Waals surface area contributed by atoms with Gasteiger partial charge in [0.15, 0.2) is 0 Å². The molecule has 1 aliphatic carbocycles. The van der Waals surface area contributed by atoms with Crippen LogP contribution in [-0.2, 0) is 23.9 Å². The number of carbonyl (C=O) groups excluding carboxylic acids is 4. The van der Waals surface area contributed by atoms with Gasteiger partial charge in [0.1, 0.15) is 12.6 Å². The van der Waals surface area contributed by atoms with Gasteiger partial charge in [-0.25, -0.2) is 0 Å². The van der Waals surface area contributed by atoms with Crippen LogP contribution in [0.5, 0.6) is 0 Å². The maximum Gasteiger partial charge on any atom is 0.317 e. The third-order valence-corrected chi connectivity index (χ3v) is 3.36. The fraction of sp³-hybridized carbons (Fsp3) is 0.600. The van der Waals surface area contributed by atoms with Crippen molar-refractivity contribution in [3.05, 3.63) is 0 Å². The molecule has 2 aliphatic rings. The van der Waals surface area contributed by atoms with Crippen LogP contribution in [0, 0.1) is 17.3 Å². The molecule has 1 heterocycles. The first-order valence-electron chi connectivity index (χ1n) is 4.78. The van der Waals surface area contributed by atoms with E-state index in [1.54, 1.807) is 0 Å². The van der Waals surface area contributed by atoms with Crippen molar-refractivity contribution in [3.8, 4) is 0 Å².